The molecule has 0 aliphatic heterocycles. The monoisotopic (exact) mass is 1300 g/mol. The average molecular weight is 1300 g/mol. The predicted octanol–water partition coefficient (Wildman–Crippen LogP) is 9.90. The fraction of sp³-hybridized carbons (Fsp3) is 0.0833. The summed E-state index contributed by atoms with van der Waals surface area (Å²) in [5, 5.41) is 71.5. The van der Waals surface area contributed by atoms with Gasteiger partial charge < -0.3 is 58.5 Å². The number of pyridine rings is 4. The van der Waals surface area contributed by atoms with Crippen LogP contribution in [0.2, 0.25) is 0 Å². The molecular weight excluding hydrogens is 1260 g/mol. The van der Waals surface area contributed by atoms with E-state index in [0.29, 0.717) is 0 Å². The van der Waals surface area contributed by atoms with Crippen molar-refractivity contribution in [3.05, 3.63) is 264 Å². The maximum Gasteiger partial charge on any atom is 2.00 e. The SMILES string of the molecule is Cc1ccnc(-c2cc(C)ccn2)c1.Cc1ccnc(-c2cc(C)ccn2)c1.O=[N+]([O-])[O-].O=[N+]([O-])[O-].O=[N+]([O-])c1ccc(OP(=O)([O-])Oc2ccc([N+](=O)[O-])cc2)cc1.O=[N+]([O-])c1ccc(OP(=O)([O-])Oc2ccc([N+](=O)[O-])cc2)cc1.[Cu+2].[Cu+2]. The van der Waals surface area contributed by atoms with E-state index in [1.807, 2.05) is 73.3 Å². The van der Waals surface area contributed by atoms with Crippen molar-refractivity contribution in [2.45, 2.75) is 27.7 Å². The van der Waals surface area contributed by atoms with Crippen molar-refractivity contribution < 1.29 is 101 Å². The van der Waals surface area contributed by atoms with Crippen molar-refractivity contribution in [2.24, 2.45) is 0 Å². The van der Waals surface area contributed by atoms with Crippen LogP contribution < -0.4 is 27.9 Å². The van der Waals surface area contributed by atoms with Gasteiger partial charge >= 0.3 is 49.8 Å². The van der Waals surface area contributed by atoms with Crippen molar-refractivity contribution in [1.29, 1.82) is 0 Å². The van der Waals surface area contributed by atoms with Gasteiger partial charge in [-0.25, -0.2) is 9.13 Å². The molecule has 0 spiro atoms. The van der Waals surface area contributed by atoms with Crippen molar-refractivity contribution in [2.75, 3.05) is 0 Å². The smallest absolute Gasteiger partial charge is 0.736 e. The molecule has 446 valence electrons. The van der Waals surface area contributed by atoms with Crippen LogP contribution in [0.1, 0.15) is 22.3 Å². The van der Waals surface area contributed by atoms with Crippen molar-refractivity contribution in [3.63, 3.8) is 0 Å². The summed E-state index contributed by atoms with van der Waals surface area (Å²) in [6.45, 7) is 8.23. The molecule has 84 heavy (non-hydrogen) atoms. The van der Waals surface area contributed by atoms with Gasteiger partial charge in [-0.1, -0.05) is 0 Å². The first-order valence-electron chi connectivity index (χ1n) is 22.2. The van der Waals surface area contributed by atoms with Crippen LogP contribution in [0.25, 0.3) is 22.8 Å². The molecule has 2 radical (unpaired) electrons. The van der Waals surface area contributed by atoms with Gasteiger partial charge in [0.25, 0.3) is 22.7 Å². The summed E-state index contributed by atoms with van der Waals surface area (Å²) in [5.41, 5.74) is 7.67. The molecule has 0 aliphatic carbocycles. The van der Waals surface area contributed by atoms with Gasteiger partial charge in [0, 0.05) is 73.3 Å². The number of hydrogen-bond acceptors (Lipinski definition) is 26. The van der Waals surface area contributed by atoms with E-state index >= 15 is 0 Å². The first kappa shape index (κ1) is 72.1. The number of benzene rings is 4. The fourth-order valence-electron chi connectivity index (χ4n) is 5.77. The van der Waals surface area contributed by atoms with E-state index in [-0.39, 0.29) is 79.9 Å². The molecule has 0 saturated carbocycles. The number of non-ortho nitro benzene ring substituents is 4. The topological polar surface area (TPSA) is 474 Å². The molecule has 0 aliphatic rings. The van der Waals surface area contributed by atoms with E-state index in [2.05, 4.69) is 65.7 Å². The summed E-state index contributed by atoms with van der Waals surface area (Å²) in [5.74, 6) is -0.682. The zero-order valence-electron chi connectivity index (χ0n) is 43.1. The number of aryl methyl sites for hydroxylation is 4. The Kier molecular flexibility index (Phi) is 30.1. The van der Waals surface area contributed by atoms with E-state index in [1.165, 1.54) is 22.3 Å². The summed E-state index contributed by atoms with van der Waals surface area (Å²) in [4.78, 5) is 96.5. The normalized spacial score (nSPS) is 9.88. The third-order valence-electron chi connectivity index (χ3n) is 9.25. The maximum absolute atomic E-state index is 11.7. The van der Waals surface area contributed by atoms with E-state index in [0.717, 1.165) is 120 Å². The molecule has 0 unspecified atom stereocenters. The Morgan fingerprint density at radius 3 is 0.607 bits per heavy atom. The second kappa shape index (κ2) is 35.1. The average Bonchev–Trinajstić information content (AvgIpc) is 3.39. The van der Waals surface area contributed by atoms with Gasteiger partial charge in [-0.3, -0.25) is 60.4 Å². The molecule has 0 atom stereocenters. The van der Waals surface area contributed by atoms with Crippen LogP contribution in [0, 0.1) is 98.8 Å². The number of phosphoric acid groups is 2. The first-order chi connectivity index (χ1) is 38.5. The zero-order chi connectivity index (χ0) is 61.2. The van der Waals surface area contributed by atoms with Gasteiger partial charge in [-0.15, -0.1) is 0 Å². The van der Waals surface area contributed by atoms with Crippen LogP contribution >= 0.6 is 15.6 Å². The molecule has 4 heterocycles. The summed E-state index contributed by atoms with van der Waals surface area (Å²) in [6.07, 6.45) is 7.26. The summed E-state index contributed by atoms with van der Waals surface area (Å²) in [6, 6.07) is 33.5. The molecule has 4 aromatic carbocycles. The van der Waals surface area contributed by atoms with Gasteiger partial charge in [0.05, 0.1) is 52.6 Å². The Labute approximate surface area is 494 Å². The van der Waals surface area contributed by atoms with Crippen LogP contribution in [0.5, 0.6) is 23.0 Å². The molecule has 0 amide bonds. The molecule has 0 N–H and O–H groups in total. The van der Waals surface area contributed by atoms with E-state index in [4.69, 9.17) is 30.6 Å². The Bertz CT molecular complexity index is 3130. The van der Waals surface area contributed by atoms with Gasteiger partial charge in [-0.2, -0.15) is 0 Å². The van der Waals surface area contributed by atoms with E-state index in [1.54, 1.807) is 0 Å². The van der Waals surface area contributed by atoms with Crippen LogP contribution in [-0.4, -0.2) is 49.8 Å². The minimum absolute atomic E-state index is 0. The summed E-state index contributed by atoms with van der Waals surface area (Å²) in [7, 11) is -9.61. The first-order valence-corrected chi connectivity index (χ1v) is 25.2. The van der Waals surface area contributed by atoms with Crippen LogP contribution in [-0.2, 0) is 43.3 Å². The molecule has 0 bridgehead atoms. The number of phosphoric ester groups is 2. The molecule has 8 aromatic rings. The quantitative estimate of drug-likeness (QED) is 0.0422. The predicted molar refractivity (Wildman–Crippen MR) is 285 cm³/mol. The largest absolute Gasteiger partial charge is 2.00 e. The van der Waals surface area contributed by atoms with Gasteiger partial charge in [0.15, 0.2) is 0 Å². The number of nitro groups is 4. The zero-order valence-corrected chi connectivity index (χ0v) is 46.8. The Morgan fingerprint density at radius 2 is 0.476 bits per heavy atom. The minimum Gasteiger partial charge on any atom is -0.736 e. The molecule has 8 rings (SSSR count). The molecule has 4 aromatic heterocycles. The number of hydrogen-bond donors (Lipinski definition) is 0. The number of aromatic nitrogens is 4. The number of rotatable bonds is 14. The van der Waals surface area contributed by atoms with Gasteiger partial charge in [0.1, 0.15) is 23.0 Å². The fourth-order valence-corrected chi connectivity index (χ4v) is 7.37. The third kappa shape index (κ3) is 28.0. The summed E-state index contributed by atoms with van der Waals surface area (Å²) >= 11 is 0. The Hall–Kier alpha value is -9.90. The van der Waals surface area contributed by atoms with Crippen LogP contribution in [0.15, 0.2) is 170 Å². The van der Waals surface area contributed by atoms with Crippen LogP contribution in [0.4, 0.5) is 22.7 Å². The third-order valence-corrected chi connectivity index (χ3v) is 11.0. The van der Waals surface area contributed by atoms with Crippen LogP contribution in [0.3, 0.4) is 0 Å². The minimum atomic E-state index is -4.80. The van der Waals surface area contributed by atoms with Gasteiger partial charge in [0.2, 0.25) is 0 Å². The summed E-state index contributed by atoms with van der Waals surface area (Å²) < 4.78 is 42.0. The second-order valence-electron chi connectivity index (χ2n) is 15.6. The van der Waals surface area contributed by atoms with Gasteiger partial charge in [-0.05, 0) is 147 Å². The van der Waals surface area contributed by atoms with Crippen molar-refractivity contribution in [3.8, 4) is 45.8 Å². The Balaban J connectivity index is 0.000000542. The van der Waals surface area contributed by atoms with E-state index in [9.17, 15) is 59.4 Å². The van der Waals surface area contributed by atoms with E-state index < -0.39 is 45.5 Å². The number of nitro benzene ring substituents is 4. The Morgan fingerprint density at radius 1 is 0.321 bits per heavy atom. The molecule has 0 saturated heterocycles. The molecular formula is C48H40Cu2N10O22P2. The second-order valence-corrected chi connectivity index (χ2v) is 18.1. The van der Waals surface area contributed by atoms with Crippen molar-refractivity contribution >= 4 is 38.4 Å². The molecule has 36 heteroatoms. The standard InChI is InChI=1S/2C12H9N2O8P.2C12H12N2.2Cu.2NO3/c2*15-13(16)9-1-5-11(6-2-9)21-23(19,20)22-12-7-3-10(4-8-12)14(17)18;2*1-9-3-5-13-11(7-9)12-8-10(2)4-6-14-12;;;2*2-1(3)4/h2*1-8H,(H,19,20);2*3-8H,1-2H3;;;;/q;;;;2*+2;2*-1/p-2. The maximum atomic E-state index is 11.7. The number of nitrogens with zero attached hydrogens (tertiary/aromatic N) is 10. The van der Waals surface area contributed by atoms with Crippen molar-refractivity contribution in [1.82, 2.24) is 19.9 Å². The molecule has 0 fully saturated rings. The molecule has 32 nitrogen and oxygen atoms in total.